The first-order valence-corrected chi connectivity index (χ1v) is 7.63. The van der Waals surface area contributed by atoms with Crippen LogP contribution in [0.4, 0.5) is 40.6 Å². The maximum absolute atomic E-state index is 13.7. The Morgan fingerprint density at radius 2 is 1.46 bits per heavy atom. The zero-order valence-corrected chi connectivity index (χ0v) is 13.6. The highest BCUT2D eigenvalue weighted by Gasteiger charge is 2.29. The van der Waals surface area contributed by atoms with Crippen molar-refractivity contribution in [3.8, 4) is 0 Å². The molecule has 2 aromatic carbocycles. The highest BCUT2D eigenvalue weighted by atomic mass is 19.4. The standard InChI is InChI=1S/C18H14F4N4/c1-11-23-16(25-13-8-6-12(7-9-13)18(20,21)22)10-17(24-11)26-15-5-3-2-4-14(15)19/h2-10H,1H3,(H2,23,24,25,26). The Balaban J connectivity index is 1.80. The maximum atomic E-state index is 13.7. The van der Waals surface area contributed by atoms with Crippen LogP contribution in [0.25, 0.3) is 0 Å². The van der Waals surface area contributed by atoms with Crippen LogP contribution in [0.5, 0.6) is 0 Å². The van der Waals surface area contributed by atoms with Crippen LogP contribution in [0.3, 0.4) is 0 Å². The van der Waals surface area contributed by atoms with Crippen LogP contribution < -0.4 is 10.6 Å². The highest BCUT2D eigenvalue weighted by Crippen LogP contribution is 2.30. The molecule has 8 heteroatoms. The Hall–Kier alpha value is -3.16. The summed E-state index contributed by atoms with van der Waals surface area (Å²) in [6.07, 6.45) is -4.39. The van der Waals surface area contributed by atoms with Gasteiger partial charge in [-0.15, -0.1) is 0 Å². The number of anilines is 4. The largest absolute Gasteiger partial charge is 0.416 e. The molecular formula is C18H14F4N4. The van der Waals surface area contributed by atoms with E-state index in [2.05, 4.69) is 20.6 Å². The van der Waals surface area contributed by atoms with E-state index in [0.717, 1.165) is 12.1 Å². The minimum Gasteiger partial charge on any atom is -0.340 e. The number of aromatic nitrogens is 2. The van der Waals surface area contributed by atoms with Crippen LogP contribution in [0.2, 0.25) is 0 Å². The summed E-state index contributed by atoms with van der Waals surface area (Å²) in [6, 6.07) is 12.3. The molecule has 4 nitrogen and oxygen atoms in total. The van der Waals surface area contributed by atoms with Gasteiger partial charge in [-0.3, -0.25) is 0 Å². The molecule has 2 N–H and O–H groups in total. The summed E-state index contributed by atoms with van der Waals surface area (Å²) < 4.78 is 51.6. The lowest BCUT2D eigenvalue weighted by atomic mass is 10.2. The number of aryl methyl sites for hydroxylation is 1. The summed E-state index contributed by atoms with van der Waals surface area (Å²) in [5.74, 6) is 0.717. The molecule has 134 valence electrons. The van der Waals surface area contributed by atoms with Crippen molar-refractivity contribution < 1.29 is 17.6 Å². The number of nitrogens with one attached hydrogen (secondary N) is 2. The van der Waals surface area contributed by atoms with Gasteiger partial charge < -0.3 is 10.6 Å². The first-order chi connectivity index (χ1) is 12.3. The monoisotopic (exact) mass is 362 g/mol. The molecule has 3 aromatic rings. The molecule has 0 unspecified atom stereocenters. The number of rotatable bonds is 4. The molecule has 0 spiro atoms. The van der Waals surface area contributed by atoms with Gasteiger partial charge in [0.2, 0.25) is 0 Å². The van der Waals surface area contributed by atoms with Gasteiger partial charge in [-0.05, 0) is 43.3 Å². The van der Waals surface area contributed by atoms with Crippen LogP contribution in [-0.2, 0) is 6.18 Å². The van der Waals surface area contributed by atoms with E-state index in [1.54, 1.807) is 25.1 Å². The van der Waals surface area contributed by atoms with Crippen LogP contribution in [0.15, 0.2) is 54.6 Å². The van der Waals surface area contributed by atoms with Crippen LogP contribution in [0.1, 0.15) is 11.4 Å². The molecule has 0 bridgehead atoms. The summed E-state index contributed by atoms with van der Waals surface area (Å²) in [4.78, 5) is 8.37. The van der Waals surface area contributed by atoms with E-state index < -0.39 is 17.6 Å². The third-order valence-corrected chi connectivity index (χ3v) is 3.46. The third-order valence-electron chi connectivity index (χ3n) is 3.46. The summed E-state index contributed by atoms with van der Waals surface area (Å²) in [5.41, 5.74) is -0.0390. The Labute approximate surface area is 146 Å². The summed E-state index contributed by atoms with van der Waals surface area (Å²) in [6.45, 7) is 1.66. The number of halogens is 4. The normalized spacial score (nSPS) is 11.3. The van der Waals surface area contributed by atoms with Gasteiger partial charge in [-0.25, -0.2) is 14.4 Å². The van der Waals surface area contributed by atoms with Crippen molar-refractivity contribution >= 4 is 23.0 Å². The van der Waals surface area contributed by atoms with E-state index in [1.165, 1.54) is 24.3 Å². The van der Waals surface area contributed by atoms with E-state index in [4.69, 9.17) is 0 Å². The molecule has 1 heterocycles. The van der Waals surface area contributed by atoms with Gasteiger partial charge >= 0.3 is 6.18 Å². The van der Waals surface area contributed by atoms with Gasteiger partial charge in [0.15, 0.2) is 0 Å². The highest BCUT2D eigenvalue weighted by molar-refractivity contribution is 5.63. The molecule has 0 aliphatic rings. The number of benzene rings is 2. The van der Waals surface area contributed by atoms with Crippen LogP contribution >= 0.6 is 0 Å². The average Bonchev–Trinajstić information content (AvgIpc) is 2.56. The topological polar surface area (TPSA) is 49.8 Å². The number of hydrogen-bond donors (Lipinski definition) is 2. The molecule has 3 rings (SSSR count). The predicted molar refractivity (Wildman–Crippen MR) is 91.2 cm³/mol. The molecule has 0 aliphatic carbocycles. The van der Waals surface area contributed by atoms with Crippen LogP contribution in [-0.4, -0.2) is 9.97 Å². The van der Waals surface area contributed by atoms with E-state index in [0.29, 0.717) is 23.1 Å². The van der Waals surface area contributed by atoms with Crippen molar-refractivity contribution in [2.45, 2.75) is 13.1 Å². The SMILES string of the molecule is Cc1nc(Nc2ccc(C(F)(F)F)cc2)cc(Nc2ccccc2F)n1. The van der Waals surface area contributed by atoms with Gasteiger partial charge in [0, 0.05) is 11.8 Å². The fourth-order valence-corrected chi connectivity index (χ4v) is 2.29. The summed E-state index contributed by atoms with van der Waals surface area (Å²) in [5, 5.41) is 5.77. The second-order valence-corrected chi connectivity index (χ2v) is 5.49. The minimum atomic E-state index is -4.39. The van der Waals surface area contributed by atoms with Crippen molar-refractivity contribution in [1.29, 1.82) is 0 Å². The second-order valence-electron chi connectivity index (χ2n) is 5.49. The molecule has 1 aromatic heterocycles. The third kappa shape index (κ3) is 4.27. The van der Waals surface area contributed by atoms with Crippen molar-refractivity contribution in [2.24, 2.45) is 0 Å². The van der Waals surface area contributed by atoms with Crippen molar-refractivity contribution in [3.63, 3.8) is 0 Å². The lowest BCUT2D eigenvalue weighted by Crippen LogP contribution is -2.05. The smallest absolute Gasteiger partial charge is 0.340 e. The molecule has 0 radical (unpaired) electrons. The molecule has 0 fully saturated rings. The van der Waals surface area contributed by atoms with Gasteiger partial charge in [0.1, 0.15) is 23.3 Å². The molecule has 26 heavy (non-hydrogen) atoms. The lowest BCUT2D eigenvalue weighted by Gasteiger charge is -2.12. The predicted octanol–water partition coefficient (Wildman–Crippen LogP) is 5.43. The van der Waals surface area contributed by atoms with Crippen molar-refractivity contribution in [2.75, 3.05) is 10.6 Å². The minimum absolute atomic E-state index is 0.256. The van der Waals surface area contributed by atoms with Gasteiger partial charge in [-0.1, -0.05) is 12.1 Å². The first-order valence-electron chi connectivity index (χ1n) is 7.63. The number of hydrogen-bond acceptors (Lipinski definition) is 4. The Bertz CT molecular complexity index is 908. The second kappa shape index (κ2) is 6.99. The zero-order chi connectivity index (χ0) is 18.7. The molecule has 0 aliphatic heterocycles. The summed E-state index contributed by atoms with van der Waals surface area (Å²) >= 11 is 0. The van der Waals surface area contributed by atoms with Gasteiger partial charge in [0.05, 0.1) is 11.3 Å². The van der Waals surface area contributed by atoms with Gasteiger partial charge in [0.25, 0.3) is 0 Å². The zero-order valence-electron chi connectivity index (χ0n) is 13.6. The number of para-hydroxylation sites is 1. The average molecular weight is 362 g/mol. The quantitative estimate of drug-likeness (QED) is 0.608. The van der Waals surface area contributed by atoms with Crippen molar-refractivity contribution in [3.05, 3.63) is 71.8 Å². The van der Waals surface area contributed by atoms with E-state index >= 15 is 0 Å². The molecule has 0 atom stereocenters. The van der Waals surface area contributed by atoms with Crippen LogP contribution in [0, 0.1) is 12.7 Å². The van der Waals surface area contributed by atoms with Gasteiger partial charge in [-0.2, -0.15) is 13.2 Å². The Morgan fingerprint density at radius 3 is 2.08 bits per heavy atom. The number of alkyl halides is 3. The molecule has 0 amide bonds. The first kappa shape index (κ1) is 17.7. The van der Waals surface area contributed by atoms with E-state index in [1.807, 2.05) is 0 Å². The summed E-state index contributed by atoms with van der Waals surface area (Å²) in [7, 11) is 0. The molecule has 0 saturated heterocycles. The molecular weight excluding hydrogens is 348 g/mol. The number of nitrogens with zero attached hydrogens (tertiary/aromatic N) is 2. The van der Waals surface area contributed by atoms with Crippen molar-refractivity contribution in [1.82, 2.24) is 9.97 Å². The van der Waals surface area contributed by atoms with E-state index in [9.17, 15) is 17.6 Å². The fourth-order valence-electron chi connectivity index (χ4n) is 2.29. The maximum Gasteiger partial charge on any atom is 0.416 e. The van der Waals surface area contributed by atoms with E-state index in [-0.39, 0.29) is 5.69 Å². The molecule has 0 saturated carbocycles. The Morgan fingerprint density at radius 1 is 0.846 bits per heavy atom. The lowest BCUT2D eigenvalue weighted by molar-refractivity contribution is -0.137. The fraction of sp³-hybridized carbons (Fsp3) is 0.111. The Kier molecular flexibility index (Phi) is 4.75.